The van der Waals surface area contributed by atoms with Crippen molar-refractivity contribution in [3.63, 3.8) is 0 Å². The minimum absolute atomic E-state index is 0.0145. The van der Waals surface area contributed by atoms with E-state index >= 15 is 0 Å². The zero-order valence-corrected chi connectivity index (χ0v) is 13.9. The number of benzene rings is 1. The molecule has 1 amide bonds. The summed E-state index contributed by atoms with van der Waals surface area (Å²) in [4.78, 5) is 26.6. The Hall–Kier alpha value is -2.47. The first-order valence-corrected chi connectivity index (χ1v) is 8.43. The molecule has 6 heteroatoms. The standard InChI is InChI=1S/C19H21FN2O3/c20-16-7-5-14(6-8-16)19(24)15-3-1-9-22(12-15)13-18(23)21-11-17-4-2-10-25-17/h2,4-8,10,15H,1,3,9,11-13H2,(H,21,23)/t15-/m1/s1. The van der Waals surface area contributed by atoms with Gasteiger partial charge in [-0.1, -0.05) is 0 Å². The zero-order chi connectivity index (χ0) is 17.6. The van der Waals surface area contributed by atoms with Gasteiger partial charge in [0.2, 0.25) is 5.91 Å². The SMILES string of the molecule is O=C(CN1CCC[C@@H](C(=O)c2ccc(F)cc2)C1)NCc1ccco1. The molecule has 0 spiro atoms. The molecule has 5 nitrogen and oxygen atoms in total. The molecule has 0 radical (unpaired) electrons. The Morgan fingerprint density at radius 3 is 2.76 bits per heavy atom. The van der Waals surface area contributed by atoms with Crippen LogP contribution in [0.3, 0.4) is 0 Å². The van der Waals surface area contributed by atoms with E-state index < -0.39 is 0 Å². The van der Waals surface area contributed by atoms with Crippen molar-refractivity contribution in [2.24, 2.45) is 5.92 Å². The van der Waals surface area contributed by atoms with Crippen molar-refractivity contribution in [2.45, 2.75) is 19.4 Å². The normalized spacial score (nSPS) is 18.0. The summed E-state index contributed by atoms with van der Waals surface area (Å²) in [5.74, 6) is 0.121. The first-order valence-electron chi connectivity index (χ1n) is 8.43. The van der Waals surface area contributed by atoms with E-state index in [0.29, 0.717) is 24.4 Å². The minimum Gasteiger partial charge on any atom is -0.467 e. The van der Waals surface area contributed by atoms with Gasteiger partial charge >= 0.3 is 0 Å². The number of rotatable bonds is 6. The molecule has 1 aromatic carbocycles. The monoisotopic (exact) mass is 344 g/mol. The van der Waals surface area contributed by atoms with Crippen LogP contribution in [0.4, 0.5) is 4.39 Å². The Balaban J connectivity index is 1.51. The molecule has 1 aromatic heterocycles. The third-order valence-electron chi connectivity index (χ3n) is 4.41. The fourth-order valence-electron chi connectivity index (χ4n) is 3.12. The third-order valence-corrected chi connectivity index (χ3v) is 4.41. The minimum atomic E-state index is -0.352. The van der Waals surface area contributed by atoms with Crippen LogP contribution in [-0.4, -0.2) is 36.2 Å². The van der Waals surface area contributed by atoms with Gasteiger partial charge in [0.15, 0.2) is 5.78 Å². The lowest BCUT2D eigenvalue weighted by Gasteiger charge is -2.31. The first kappa shape index (κ1) is 17.4. The number of hydrogen-bond acceptors (Lipinski definition) is 4. The predicted molar refractivity (Wildman–Crippen MR) is 90.4 cm³/mol. The molecule has 1 saturated heterocycles. The molecule has 0 saturated carbocycles. The highest BCUT2D eigenvalue weighted by Gasteiger charge is 2.27. The van der Waals surface area contributed by atoms with Gasteiger partial charge in [-0.3, -0.25) is 14.5 Å². The number of carbonyl (C=O) groups excluding carboxylic acids is 2. The molecule has 1 aliphatic heterocycles. The maximum absolute atomic E-state index is 13.0. The molecule has 0 bridgehead atoms. The highest BCUT2D eigenvalue weighted by Crippen LogP contribution is 2.21. The van der Waals surface area contributed by atoms with E-state index in [0.717, 1.165) is 19.4 Å². The number of ketones is 1. The van der Waals surface area contributed by atoms with Crippen LogP contribution < -0.4 is 5.32 Å². The zero-order valence-electron chi connectivity index (χ0n) is 13.9. The number of Topliss-reactive ketones (excluding diaryl/α,β-unsaturated/α-hetero) is 1. The number of likely N-dealkylation sites (tertiary alicyclic amines) is 1. The van der Waals surface area contributed by atoms with Crippen LogP contribution in [-0.2, 0) is 11.3 Å². The summed E-state index contributed by atoms with van der Waals surface area (Å²) in [6, 6.07) is 9.22. The third kappa shape index (κ3) is 4.76. The van der Waals surface area contributed by atoms with Crippen molar-refractivity contribution in [3.8, 4) is 0 Å². The van der Waals surface area contributed by atoms with Gasteiger partial charge in [-0.25, -0.2) is 4.39 Å². The molecule has 1 atom stereocenters. The van der Waals surface area contributed by atoms with Gasteiger partial charge < -0.3 is 9.73 Å². The lowest BCUT2D eigenvalue weighted by Crippen LogP contribution is -2.44. The molecule has 1 aliphatic rings. The van der Waals surface area contributed by atoms with Crippen molar-refractivity contribution in [1.82, 2.24) is 10.2 Å². The second kappa shape index (κ2) is 8.07. The number of nitrogens with zero attached hydrogens (tertiary/aromatic N) is 1. The van der Waals surface area contributed by atoms with Gasteiger partial charge in [-0.05, 0) is 55.8 Å². The quantitative estimate of drug-likeness (QED) is 0.819. The highest BCUT2D eigenvalue weighted by atomic mass is 19.1. The molecule has 0 aliphatic carbocycles. The molecular weight excluding hydrogens is 323 g/mol. The van der Waals surface area contributed by atoms with Gasteiger partial charge in [-0.2, -0.15) is 0 Å². The number of halogens is 1. The van der Waals surface area contributed by atoms with Gasteiger partial charge in [0.25, 0.3) is 0 Å². The number of furan rings is 1. The van der Waals surface area contributed by atoms with Crippen LogP contribution in [0, 0.1) is 11.7 Å². The predicted octanol–water partition coefficient (Wildman–Crippen LogP) is 2.63. The van der Waals surface area contributed by atoms with Gasteiger partial charge in [0, 0.05) is 18.0 Å². The number of amides is 1. The van der Waals surface area contributed by atoms with Gasteiger partial charge in [-0.15, -0.1) is 0 Å². The Bertz CT molecular complexity index is 713. The fraction of sp³-hybridized carbons (Fsp3) is 0.368. The summed E-state index contributed by atoms with van der Waals surface area (Å²) in [6.07, 6.45) is 3.22. The molecule has 132 valence electrons. The van der Waals surface area contributed by atoms with Crippen molar-refractivity contribution in [1.29, 1.82) is 0 Å². The lowest BCUT2D eigenvalue weighted by atomic mass is 9.90. The largest absolute Gasteiger partial charge is 0.467 e. The topological polar surface area (TPSA) is 62.6 Å². The fourth-order valence-corrected chi connectivity index (χ4v) is 3.12. The van der Waals surface area contributed by atoms with Crippen LogP contribution in [0.25, 0.3) is 0 Å². The average molecular weight is 344 g/mol. The van der Waals surface area contributed by atoms with E-state index in [2.05, 4.69) is 5.32 Å². The van der Waals surface area contributed by atoms with E-state index in [9.17, 15) is 14.0 Å². The van der Waals surface area contributed by atoms with Crippen LogP contribution in [0.2, 0.25) is 0 Å². The summed E-state index contributed by atoms with van der Waals surface area (Å²) in [6.45, 7) is 1.96. The van der Waals surface area contributed by atoms with Crippen molar-refractivity contribution in [2.75, 3.05) is 19.6 Å². The molecule has 2 aromatic rings. The number of piperidine rings is 1. The Morgan fingerprint density at radius 1 is 1.24 bits per heavy atom. The maximum atomic E-state index is 13.0. The van der Waals surface area contributed by atoms with Crippen molar-refractivity contribution < 1.29 is 18.4 Å². The van der Waals surface area contributed by atoms with Crippen LogP contribution >= 0.6 is 0 Å². The molecule has 1 fully saturated rings. The highest BCUT2D eigenvalue weighted by molar-refractivity contribution is 5.98. The summed E-state index contributed by atoms with van der Waals surface area (Å²) < 4.78 is 18.2. The van der Waals surface area contributed by atoms with Crippen molar-refractivity contribution in [3.05, 3.63) is 59.8 Å². The number of nitrogens with one attached hydrogen (secondary N) is 1. The molecule has 2 heterocycles. The summed E-state index contributed by atoms with van der Waals surface area (Å²) in [5.41, 5.74) is 0.524. The van der Waals surface area contributed by atoms with Crippen LogP contribution in [0.1, 0.15) is 29.0 Å². The molecule has 25 heavy (non-hydrogen) atoms. The molecule has 1 N–H and O–H groups in total. The smallest absolute Gasteiger partial charge is 0.234 e. The van der Waals surface area contributed by atoms with E-state index in [-0.39, 0.29) is 30.0 Å². The van der Waals surface area contributed by atoms with E-state index in [1.807, 2.05) is 4.90 Å². The number of hydrogen-bond donors (Lipinski definition) is 1. The Morgan fingerprint density at radius 2 is 2.04 bits per heavy atom. The average Bonchev–Trinajstić information content (AvgIpc) is 3.14. The van der Waals surface area contributed by atoms with Crippen LogP contribution in [0.15, 0.2) is 47.1 Å². The maximum Gasteiger partial charge on any atom is 0.234 e. The summed E-state index contributed by atoms with van der Waals surface area (Å²) >= 11 is 0. The van der Waals surface area contributed by atoms with E-state index in [4.69, 9.17) is 4.42 Å². The summed E-state index contributed by atoms with van der Waals surface area (Å²) in [5, 5.41) is 2.81. The molecular formula is C19H21FN2O3. The van der Waals surface area contributed by atoms with Gasteiger partial charge in [0.05, 0.1) is 19.4 Å². The van der Waals surface area contributed by atoms with E-state index in [1.54, 1.807) is 18.4 Å². The molecule has 0 unspecified atom stereocenters. The Kier molecular flexibility index (Phi) is 5.60. The second-order valence-electron chi connectivity index (χ2n) is 6.30. The Labute approximate surface area is 145 Å². The van der Waals surface area contributed by atoms with Crippen LogP contribution in [0.5, 0.6) is 0 Å². The second-order valence-corrected chi connectivity index (χ2v) is 6.30. The first-order chi connectivity index (χ1) is 12.1. The lowest BCUT2D eigenvalue weighted by molar-refractivity contribution is -0.122. The number of carbonyl (C=O) groups is 2. The van der Waals surface area contributed by atoms with E-state index in [1.165, 1.54) is 24.3 Å². The van der Waals surface area contributed by atoms with Crippen molar-refractivity contribution >= 4 is 11.7 Å². The van der Waals surface area contributed by atoms with Gasteiger partial charge in [0.1, 0.15) is 11.6 Å². The molecule has 3 rings (SSSR count). The summed E-state index contributed by atoms with van der Waals surface area (Å²) in [7, 11) is 0.